The van der Waals surface area contributed by atoms with Crippen LogP contribution in [0.4, 0.5) is 5.95 Å². The predicted octanol–water partition coefficient (Wildman–Crippen LogP) is 2.51. The third kappa shape index (κ3) is 4.44. The van der Waals surface area contributed by atoms with E-state index in [1.165, 1.54) is 9.13 Å². The maximum Gasteiger partial charge on any atom is 0.332 e. The summed E-state index contributed by atoms with van der Waals surface area (Å²) in [6, 6.07) is 17.6. The Morgan fingerprint density at radius 3 is 2.55 bits per heavy atom. The third-order valence-corrected chi connectivity index (χ3v) is 7.36. The van der Waals surface area contributed by atoms with Gasteiger partial charge in [-0.3, -0.25) is 18.5 Å². The van der Waals surface area contributed by atoms with Crippen LogP contribution in [0, 0.1) is 11.8 Å². The molecule has 1 fully saturated rings. The van der Waals surface area contributed by atoms with Gasteiger partial charge in [0.05, 0.1) is 24.3 Å². The Labute approximate surface area is 230 Å². The fourth-order valence-electron chi connectivity index (χ4n) is 5.39. The topological polar surface area (TPSA) is 117 Å². The molecule has 5 aromatic rings. The summed E-state index contributed by atoms with van der Waals surface area (Å²) in [4.78, 5) is 44.0. The lowest BCUT2D eigenvalue weighted by molar-refractivity contribution is 0.496. The summed E-state index contributed by atoms with van der Waals surface area (Å²) < 4.78 is 4.41. The van der Waals surface area contributed by atoms with Gasteiger partial charge in [-0.15, -0.1) is 5.92 Å². The van der Waals surface area contributed by atoms with Gasteiger partial charge in [-0.25, -0.2) is 14.8 Å². The minimum Gasteiger partial charge on any atom is -0.341 e. The zero-order chi connectivity index (χ0) is 27.8. The molecule has 3 aromatic heterocycles. The van der Waals surface area contributed by atoms with E-state index in [-0.39, 0.29) is 19.1 Å². The van der Waals surface area contributed by atoms with Gasteiger partial charge in [0.1, 0.15) is 5.82 Å². The van der Waals surface area contributed by atoms with E-state index in [0.29, 0.717) is 29.5 Å². The third-order valence-electron chi connectivity index (χ3n) is 7.36. The average Bonchev–Trinajstić information content (AvgIpc) is 3.37. The highest BCUT2D eigenvalue weighted by Crippen LogP contribution is 2.26. The van der Waals surface area contributed by atoms with Crippen LogP contribution in [0.5, 0.6) is 0 Å². The second-order valence-corrected chi connectivity index (χ2v) is 10.0. The highest BCUT2D eigenvalue weighted by atomic mass is 16.2. The van der Waals surface area contributed by atoms with Crippen LogP contribution in [-0.4, -0.2) is 47.8 Å². The standard InChI is InChI=1S/C30H30N8O2/c1-3-4-17-37-26-27(34-29(37)36-16-10-13-21(31)18-36)35(2)30(40)38(28(26)39)19-24-32-23-15-9-8-14-22(23)25(33-24)20-11-6-5-7-12-20/h5-9,11-12,14-15,21H,10,13,16-19,31H2,1-2H3/t21-/m1/s1. The quantitative estimate of drug-likeness (QED) is 0.344. The minimum atomic E-state index is -0.483. The first kappa shape index (κ1) is 25.5. The molecule has 6 rings (SSSR count). The number of anilines is 1. The van der Waals surface area contributed by atoms with E-state index in [9.17, 15) is 9.59 Å². The molecule has 0 unspecified atom stereocenters. The van der Waals surface area contributed by atoms with E-state index in [1.807, 2.05) is 54.6 Å². The van der Waals surface area contributed by atoms with E-state index >= 15 is 0 Å². The molecule has 4 heterocycles. The number of benzene rings is 2. The van der Waals surface area contributed by atoms with Crippen molar-refractivity contribution >= 4 is 28.0 Å². The fraction of sp³-hybridized carbons (Fsp3) is 0.300. The van der Waals surface area contributed by atoms with Crippen LogP contribution in [-0.2, 0) is 20.1 Å². The van der Waals surface area contributed by atoms with Crippen molar-refractivity contribution in [2.24, 2.45) is 12.8 Å². The van der Waals surface area contributed by atoms with Crippen LogP contribution in [0.1, 0.15) is 25.6 Å². The lowest BCUT2D eigenvalue weighted by atomic mass is 10.1. The van der Waals surface area contributed by atoms with E-state index in [1.54, 1.807) is 18.5 Å². The summed E-state index contributed by atoms with van der Waals surface area (Å²) in [6.45, 7) is 3.34. The summed E-state index contributed by atoms with van der Waals surface area (Å²) in [5, 5.41) is 0.897. The number of hydrogen-bond donors (Lipinski definition) is 1. The fourth-order valence-corrected chi connectivity index (χ4v) is 5.39. The van der Waals surface area contributed by atoms with Gasteiger partial charge in [0.15, 0.2) is 11.2 Å². The molecular formula is C30H30N8O2. The first-order chi connectivity index (χ1) is 19.5. The molecule has 2 aromatic carbocycles. The Bertz CT molecular complexity index is 1910. The SMILES string of the molecule is CC#CCn1c(N2CCC[C@@H](N)C2)nc2c1c(=O)n(Cc1nc(-c3ccccc3)c3ccccc3n1)c(=O)n2C. The van der Waals surface area contributed by atoms with Crippen LogP contribution >= 0.6 is 0 Å². The lowest BCUT2D eigenvalue weighted by Crippen LogP contribution is -2.44. The van der Waals surface area contributed by atoms with E-state index in [4.69, 9.17) is 20.7 Å². The molecule has 40 heavy (non-hydrogen) atoms. The first-order valence-electron chi connectivity index (χ1n) is 13.4. The summed E-state index contributed by atoms with van der Waals surface area (Å²) in [7, 11) is 1.63. The van der Waals surface area contributed by atoms with Gasteiger partial charge in [0.25, 0.3) is 5.56 Å². The summed E-state index contributed by atoms with van der Waals surface area (Å²) in [6.07, 6.45) is 1.86. The molecule has 1 aliphatic heterocycles. The lowest BCUT2D eigenvalue weighted by Gasteiger charge is -2.31. The molecule has 0 bridgehead atoms. The van der Waals surface area contributed by atoms with Crippen molar-refractivity contribution in [3.63, 3.8) is 0 Å². The summed E-state index contributed by atoms with van der Waals surface area (Å²) >= 11 is 0. The van der Waals surface area contributed by atoms with Crippen molar-refractivity contribution in [3.05, 3.63) is 81.3 Å². The number of para-hydroxylation sites is 1. The number of hydrogen-bond acceptors (Lipinski definition) is 7. The van der Waals surface area contributed by atoms with E-state index in [0.717, 1.165) is 41.5 Å². The number of nitrogens with zero attached hydrogens (tertiary/aromatic N) is 7. The molecular weight excluding hydrogens is 504 g/mol. The summed E-state index contributed by atoms with van der Waals surface area (Å²) in [5.41, 5.74) is 8.38. The number of rotatable bonds is 5. The van der Waals surface area contributed by atoms with Gasteiger partial charge in [0, 0.05) is 37.1 Å². The van der Waals surface area contributed by atoms with E-state index in [2.05, 4.69) is 16.7 Å². The highest BCUT2D eigenvalue weighted by molar-refractivity contribution is 5.92. The van der Waals surface area contributed by atoms with Crippen molar-refractivity contribution in [1.29, 1.82) is 0 Å². The van der Waals surface area contributed by atoms with Gasteiger partial charge >= 0.3 is 5.69 Å². The Kier molecular flexibility index (Phi) is 6.66. The normalized spacial score (nSPS) is 15.4. The predicted molar refractivity (Wildman–Crippen MR) is 156 cm³/mol. The Hall–Kier alpha value is -4.75. The monoisotopic (exact) mass is 534 g/mol. The van der Waals surface area contributed by atoms with Crippen LogP contribution in [0.25, 0.3) is 33.3 Å². The maximum absolute atomic E-state index is 14.0. The molecule has 1 atom stereocenters. The first-order valence-corrected chi connectivity index (χ1v) is 13.4. The Balaban J connectivity index is 1.53. The zero-order valence-corrected chi connectivity index (χ0v) is 22.5. The second kappa shape index (κ2) is 10.4. The van der Waals surface area contributed by atoms with Gasteiger partial charge in [-0.05, 0) is 25.8 Å². The van der Waals surface area contributed by atoms with Crippen molar-refractivity contribution < 1.29 is 0 Å². The number of aromatic nitrogens is 6. The zero-order valence-electron chi connectivity index (χ0n) is 22.5. The molecule has 0 saturated carbocycles. The molecule has 202 valence electrons. The molecule has 10 nitrogen and oxygen atoms in total. The number of aryl methyl sites for hydroxylation is 1. The molecule has 0 aliphatic carbocycles. The van der Waals surface area contributed by atoms with Crippen LogP contribution in [0.3, 0.4) is 0 Å². The van der Waals surface area contributed by atoms with Crippen LogP contribution in [0.15, 0.2) is 64.2 Å². The Morgan fingerprint density at radius 1 is 1.00 bits per heavy atom. The highest BCUT2D eigenvalue weighted by Gasteiger charge is 2.26. The van der Waals surface area contributed by atoms with Gasteiger partial charge < -0.3 is 10.6 Å². The van der Waals surface area contributed by atoms with Crippen molar-refractivity contribution in [1.82, 2.24) is 28.7 Å². The molecule has 0 spiro atoms. The van der Waals surface area contributed by atoms with Gasteiger partial charge in [0.2, 0.25) is 5.95 Å². The molecule has 10 heteroatoms. The van der Waals surface area contributed by atoms with Gasteiger partial charge in [-0.1, -0.05) is 54.5 Å². The minimum absolute atomic E-state index is 0.0172. The molecule has 0 radical (unpaired) electrons. The molecule has 2 N–H and O–H groups in total. The average molecular weight is 535 g/mol. The van der Waals surface area contributed by atoms with E-state index < -0.39 is 11.2 Å². The smallest absolute Gasteiger partial charge is 0.332 e. The van der Waals surface area contributed by atoms with Gasteiger partial charge in [-0.2, -0.15) is 4.98 Å². The maximum atomic E-state index is 14.0. The van der Waals surface area contributed by atoms with Crippen molar-refractivity contribution in [2.75, 3.05) is 18.0 Å². The Morgan fingerprint density at radius 2 is 1.77 bits per heavy atom. The largest absolute Gasteiger partial charge is 0.341 e. The molecule has 0 amide bonds. The number of nitrogens with two attached hydrogens (primary N) is 1. The van der Waals surface area contributed by atoms with Crippen LogP contribution in [0.2, 0.25) is 0 Å². The summed E-state index contributed by atoms with van der Waals surface area (Å²) in [5.74, 6) is 6.95. The van der Waals surface area contributed by atoms with Crippen molar-refractivity contribution in [3.8, 4) is 23.1 Å². The second-order valence-electron chi connectivity index (χ2n) is 10.0. The number of fused-ring (bicyclic) bond motifs is 2. The number of imidazole rings is 1. The molecule has 1 saturated heterocycles. The number of piperidine rings is 1. The van der Waals surface area contributed by atoms with Crippen molar-refractivity contribution in [2.45, 2.75) is 38.9 Å². The van der Waals surface area contributed by atoms with Crippen LogP contribution < -0.4 is 21.9 Å². The molecule has 1 aliphatic rings.